The van der Waals surface area contributed by atoms with Gasteiger partial charge in [-0.15, -0.1) is 0 Å². The van der Waals surface area contributed by atoms with Gasteiger partial charge in [-0.1, -0.05) is 17.5 Å². The molecular weight excluding hydrogens is 450 g/mol. The molecule has 1 amide bonds. The van der Waals surface area contributed by atoms with Crippen LogP contribution in [0.15, 0.2) is 54.7 Å². The molecule has 0 spiro atoms. The number of ether oxygens (including phenoxy) is 1. The van der Waals surface area contributed by atoms with Crippen molar-refractivity contribution in [1.29, 1.82) is 0 Å². The fourth-order valence-electron chi connectivity index (χ4n) is 4.45. The molecule has 0 atom stereocenters. The number of rotatable bonds is 5. The number of carbonyl (C=O) groups is 1. The highest BCUT2D eigenvalue weighted by molar-refractivity contribution is 6.30. The lowest BCUT2D eigenvalue weighted by Gasteiger charge is -2.28. The Morgan fingerprint density at radius 2 is 1.76 bits per heavy atom. The lowest BCUT2D eigenvalue weighted by Crippen LogP contribution is -2.29. The normalized spacial score (nSPS) is 14.1. The van der Waals surface area contributed by atoms with Crippen molar-refractivity contribution < 1.29 is 9.53 Å². The number of nitrogens with two attached hydrogens (primary N) is 1. The molecule has 1 fully saturated rings. The number of H-pyrrole nitrogens is 1. The number of nitrogens with zero attached hydrogens (tertiary/aromatic N) is 3. The fraction of sp³-hybridized carbons (Fsp3) is 0.231. The second-order valence-corrected chi connectivity index (χ2v) is 8.70. The summed E-state index contributed by atoms with van der Waals surface area (Å²) in [6, 6.07) is 17.7. The first-order valence-corrected chi connectivity index (χ1v) is 11.5. The summed E-state index contributed by atoms with van der Waals surface area (Å²) < 4.78 is 7.57. The quantitative estimate of drug-likeness (QED) is 0.398. The van der Waals surface area contributed by atoms with Gasteiger partial charge in [0.2, 0.25) is 0 Å². The highest BCUT2D eigenvalue weighted by atomic mass is 35.5. The average Bonchev–Trinajstić information content (AvgIpc) is 3.41. The number of primary amides is 1. The molecule has 2 aromatic heterocycles. The van der Waals surface area contributed by atoms with Crippen LogP contribution in [0.5, 0.6) is 11.5 Å². The Bertz CT molecular complexity index is 1390. The van der Waals surface area contributed by atoms with Crippen LogP contribution in [-0.4, -0.2) is 38.5 Å². The van der Waals surface area contributed by atoms with E-state index in [4.69, 9.17) is 27.1 Å². The molecule has 7 nitrogen and oxygen atoms in total. The lowest BCUT2D eigenvalue weighted by atomic mass is 9.91. The van der Waals surface area contributed by atoms with Gasteiger partial charge in [-0.25, -0.2) is 9.50 Å². The number of piperidine rings is 1. The number of hydrogen-bond acceptors (Lipinski definition) is 4. The van der Waals surface area contributed by atoms with Gasteiger partial charge in [0.1, 0.15) is 17.2 Å². The van der Waals surface area contributed by atoms with Crippen molar-refractivity contribution in [3.8, 4) is 34.7 Å². The molecule has 1 aliphatic rings. The molecule has 2 aromatic carbocycles. The van der Waals surface area contributed by atoms with Crippen molar-refractivity contribution in [3.05, 3.63) is 71.0 Å². The largest absolute Gasteiger partial charge is 0.457 e. The second kappa shape index (κ2) is 9.16. The van der Waals surface area contributed by atoms with E-state index in [0.29, 0.717) is 33.8 Å². The fourth-order valence-corrected chi connectivity index (χ4v) is 4.57. The van der Waals surface area contributed by atoms with Gasteiger partial charge in [0.15, 0.2) is 11.3 Å². The van der Waals surface area contributed by atoms with Crippen LogP contribution in [0, 0.1) is 12.0 Å². The van der Waals surface area contributed by atoms with Gasteiger partial charge in [-0.3, -0.25) is 9.89 Å². The zero-order chi connectivity index (χ0) is 23.7. The maximum atomic E-state index is 12.4. The molecule has 3 heterocycles. The summed E-state index contributed by atoms with van der Waals surface area (Å²) in [4.78, 5) is 19.4. The van der Waals surface area contributed by atoms with Crippen LogP contribution < -0.4 is 10.5 Å². The molecule has 4 aromatic rings. The maximum absolute atomic E-state index is 12.4. The number of amides is 1. The first kappa shape index (κ1) is 21.9. The van der Waals surface area contributed by atoms with Gasteiger partial charge in [-0.05, 0) is 74.2 Å². The summed E-state index contributed by atoms with van der Waals surface area (Å²) in [7, 11) is 0. The third-order valence-corrected chi connectivity index (χ3v) is 6.35. The Hall–Kier alpha value is -3.89. The zero-order valence-corrected chi connectivity index (χ0v) is 19.5. The van der Waals surface area contributed by atoms with Crippen LogP contribution >= 0.6 is 11.6 Å². The van der Waals surface area contributed by atoms with E-state index in [9.17, 15) is 4.79 Å². The van der Waals surface area contributed by atoms with E-state index in [1.807, 2.05) is 37.4 Å². The van der Waals surface area contributed by atoms with E-state index < -0.39 is 5.91 Å². The number of halogens is 1. The van der Waals surface area contributed by atoms with Gasteiger partial charge < -0.3 is 15.4 Å². The Morgan fingerprint density at radius 1 is 1.12 bits per heavy atom. The van der Waals surface area contributed by atoms with E-state index >= 15 is 0 Å². The molecule has 34 heavy (non-hydrogen) atoms. The topological polar surface area (TPSA) is 88.7 Å². The summed E-state index contributed by atoms with van der Waals surface area (Å²) in [6.07, 6.45) is 3.90. The molecule has 0 aliphatic carbocycles. The van der Waals surface area contributed by atoms with Gasteiger partial charge in [0.05, 0.1) is 0 Å². The van der Waals surface area contributed by atoms with E-state index in [2.05, 4.69) is 22.0 Å². The maximum Gasteiger partial charge on any atom is 0.269 e. The molecule has 172 valence electrons. The summed E-state index contributed by atoms with van der Waals surface area (Å²) in [5.74, 6) is 4.12. The molecule has 5 rings (SSSR count). The molecule has 0 radical (unpaired) electrons. The SMILES string of the molecule is CC#CN1CCC(c2c[nH]n3c(C(N)=O)c(-c4ccc(Oc5ccc(Cl)cc5)cc4)nc23)CC1. The van der Waals surface area contributed by atoms with Crippen molar-refractivity contribution in [3.63, 3.8) is 0 Å². The summed E-state index contributed by atoms with van der Waals surface area (Å²) in [5.41, 5.74) is 9.28. The third kappa shape index (κ3) is 4.20. The van der Waals surface area contributed by atoms with E-state index in [0.717, 1.165) is 42.7 Å². The minimum Gasteiger partial charge on any atom is -0.457 e. The van der Waals surface area contributed by atoms with E-state index in [1.54, 1.807) is 28.8 Å². The second-order valence-electron chi connectivity index (χ2n) is 8.26. The first-order chi connectivity index (χ1) is 16.5. The summed E-state index contributed by atoms with van der Waals surface area (Å²) in [6.45, 7) is 3.68. The molecule has 0 bridgehead atoms. The van der Waals surface area contributed by atoms with Crippen molar-refractivity contribution in [2.24, 2.45) is 5.73 Å². The van der Waals surface area contributed by atoms with E-state index in [-0.39, 0.29) is 0 Å². The highest BCUT2D eigenvalue weighted by Crippen LogP contribution is 2.34. The molecule has 1 saturated heterocycles. The van der Waals surface area contributed by atoms with Crippen LogP contribution in [0.25, 0.3) is 16.9 Å². The van der Waals surface area contributed by atoms with Gasteiger partial charge in [-0.2, -0.15) is 0 Å². The summed E-state index contributed by atoms with van der Waals surface area (Å²) in [5, 5.41) is 3.84. The number of carbonyl (C=O) groups excluding carboxylic acids is 1. The van der Waals surface area contributed by atoms with Crippen molar-refractivity contribution in [2.75, 3.05) is 13.1 Å². The van der Waals surface area contributed by atoms with E-state index in [1.165, 1.54) is 0 Å². The lowest BCUT2D eigenvalue weighted by molar-refractivity contribution is 0.0994. The number of nitrogens with one attached hydrogen (secondary N) is 1. The number of likely N-dealkylation sites (tertiary alicyclic amines) is 1. The highest BCUT2D eigenvalue weighted by Gasteiger charge is 2.27. The molecular formula is C26H24ClN5O2. The van der Waals surface area contributed by atoms with Crippen LogP contribution in [0.3, 0.4) is 0 Å². The van der Waals surface area contributed by atoms with Crippen LogP contribution in [0.2, 0.25) is 5.02 Å². The number of aromatic nitrogens is 3. The standard InChI is InChI=1S/C26H24ClN5O2/c1-2-13-31-14-11-17(12-15-31)22-16-29-32-24(25(28)33)23(30-26(22)32)18-3-7-20(8-4-18)34-21-9-5-19(27)6-10-21/h3-10,16-17,29H,11-12,14-15H2,1H3,(H2,28,33). The number of imidazole rings is 1. The Morgan fingerprint density at radius 3 is 2.38 bits per heavy atom. The van der Waals surface area contributed by atoms with Gasteiger partial charge in [0.25, 0.3) is 5.91 Å². The van der Waals surface area contributed by atoms with Crippen LogP contribution in [0.1, 0.15) is 41.7 Å². The van der Waals surface area contributed by atoms with Crippen LogP contribution in [0.4, 0.5) is 0 Å². The predicted octanol–water partition coefficient (Wildman–Crippen LogP) is 5.03. The molecule has 8 heteroatoms. The smallest absolute Gasteiger partial charge is 0.269 e. The number of aromatic amines is 1. The zero-order valence-electron chi connectivity index (χ0n) is 18.7. The Kier molecular flexibility index (Phi) is 5.91. The molecule has 0 saturated carbocycles. The van der Waals surface area contributed by atoms with Crippen molar-refractivity contribution >= 4 is 23.2 Å². The van der Waals surface area contributed by atoms with Crippen molar-refractivity contribution in [1.82, 2.24) is 19.5 Å². The summed E-state index contributed by atoms with van der Waals surface area (Å²) >= 11 is 5.94. The average molecular weight is 474 g/mol. The van der Waals surface area contributed by atoms with Gasteiger partial charge in [0, 0.05) is 41.5 Å². The molecule has 0 unspecified atom stereocenters. The predicted molar refractivity (Wildman–Crippen MR) is 132 cm³/mol. The molecule has 3 N–H and O–H groups in total. The van der Waals surface area contributed by atoms with Crippen LogP contribution in [-0.2, 0) is 0 Å². The number of fused-ring (bicyclic) bond motifs is 1. The Balaban J connectivity index is 1.44. The number of benzene rings is 2. The minimum atomic E-state index is -0.537. The Labute approximate surface area is 202 Å². The first-order valence-electron chi connectivity index (χ1n) is 11.1. The molecule has 1 aliphatic heterocycles. The number of hydrogen-bond donors (Lipinski definition) is 2. The van der Waals surface area contributed by atoms with Crippen molar-refractivity contribution in [2.45, 2.75) is 25.7 Å². The minimum absolute atomic E-state index is 0.335. The van der Waals surface area contributed by atoms with Gasteiger partial charge >= 0.3 is 0 Å². The third-order valence-electron chi connectivity index (χ3n) is 6.10. The monoisotopic (exact) mass is 473 g/mol.